The van der Waals surface area contributed by atoms with Crippen molar-refractivity contribution >= 4 is 17.0 Å². The summed E-state index contributed by atoms with van der Waals surface area (Å²) in [5.41, 5.74) is -0.101. The minimum atomic E-state index is -0.706. The fraction of sp³-hybridized carbons (Fsp3) is 0.267. The molecule has 1 unspecified atom stereocenters. The fourth-order valence-corrected chi connectivity index (χ4v) is 2.87. The number of nitrogens with zero attached hydrogens (tertiary/aromatic N) is 2. The van der Waals surface area contributed by atoms with E-state index in [0.717, 1.165) is 12.1 Å². The van der Waals surface area contributed by atoms with Crippen molar-refractivity contribution in [1.29, 1.82) is 5.26 Å². The van der Waals surface area contributed by atoms with Gasteiger partial charge in [-0.25, -0.2) is 8.78 Å². The van der Waals surface area contributed by atoms with Crippen LogP contribution < -0.4 is 4.90 Å². The second kappa shape index (κ2) is 6.02. The molecule has 0 N–H and O–H groups in total. The smallest absolute Gasteiger partial charge is 0.150 e. The number of hydrogen-bond donors (Lipinski definition) is 0. The lowest BCUT2D eigenvalue weighted by Crippen LogP contribution is -2.32. The Kier molecular flexibility index (Phi) is 4.35. The molecule has 1 atom stereocenters. The molecule has 1 aromatic carbocycles. The Morgan fingerprint density at radius 1 is 1.35 bits per heavy atom. The molecule has 0 aliphatic carbocycles. The minimum absolute atomic E-state index is 0.0111. The monoisotopic (exact) mass is 292 g/mol. The molecule has 2 aromatic rings. The first-order valence-corrected chi connectivity index (χ1v) is 7.05. The van der Waals surface area contributed by atoms with E-state index in [1.807, 2.05) is 24.4 Å². The number of hydrogen-bond acceptors (Lipinski definition) is 3. The van der Waals surface area contributed by atoms with E-state index in [-0.39, 0.29) is 17.3 Å². The van der Waals surface area contributed by atoms with E-state index >= 15 is 0 Å². The lowest BCUT2D eigenvalue weighted by molar-refractivity contribution is 0.560. The number of rotatable bonds is 4. The predicted molar refractivity (Wildman–Crippen MR) is 77.0 cm³/mol. The van der Waals surface area contributed by atoms with Gasteiger partial charge in [0.1, 0.15) is 5.69 Å². The molecule has 0 saturated heterocycles. The molecule has 2 rings (SSSR count). The quantitative estimate of drug-likeness (QED) is 0.852. The Labute approximate surface area is 120 Å². The van der Waals surface area contributed by atoms with Crippen LogP contribution in [0.5, 0.6) is 0 Å². The van der Waals surface area contributed by atoms with Gasteiger partial charge in [0, 0.05) is 24.4 Å². The zero-order chi connectivity index (χ0) is 14.7. The fourth-order valence-electron chi connectivity index (χ4n) is 2.04. The molecule has 2 nitrogen and oxygen atoms in total. The van der Waals surface area contributed by atoms with Crippen molar-refractivity contribution in [3.8, 4) is 6.07 Å². The normalized spacial score (nSPS) is 11.9. The van der Waals surface area contributed by atoms with Crippen LogP contribution in [0.3, 0.4) is 0 Å². The van der Waals surface area contributed by atoms with Gasteiger partial charge in [-0.15, -0.1) is 11.3 Å². The number of likely N-dealkylation sites (N-methyl/N-ethyl adjacent to an activating group) is 1. The summed E-state index contributed by atoms with van der Waals surface area (Å²) >= 11 is 1.62. The van der Waals surface area contributed by atoms with Gasteiger partial charge in [0.2, 0.25) is 0 Å². The summed E-state index contributed by atoms with van der Waals surface area (Å²) in [7, 11) is 1.66. The van der Waals surface area contributed by atoms with Crippen LogP contribution in [0.2, 0.25) is 0 Å². The summed E-state index contributed by atoms with van der Waals surface area (Å²) in [6, 6.07) is 7.77. The summed E-state index contributed by atoms with van der Waals surface area (Å²) in [4.78, 5) is 2.74. The Morgan fingerprint density at radius 2 is 2.00 bits per heavy atom. The van der Waals surface area contributed by atoms with E-state index in [4.69, 9.17) is 5.26 Å². The maximum atomic E-state index is 14.0. The van der Waals surface area contributed by atoms with E-state index in [1.54, 1.807) is 29.4 Å². The predicted octanol–water partition coefficient (Wildman–Crippen LogP) is 3.97. The third kappa shape index (κ3) is 2.97. The molecule has 20 heavy (non-hydrogen) atoms. The van der Waals surface area contributed by atoms with Crippen molar-refractivity contribution in [1.82, 2.24) is 0 Å². The average Bonchev–Trinajstić information content (AvgIpc) is 2.90. The highest BCUT2D eigenvalue weighted by Crippen LogP contribution is 2.26. The second-order valence-corrected chi connectivity index (χ2v) is 5.68. The van der Waals surface area contributed by atoms with Gasteiger partial charge in [-0.05, 0) is 30.5 Å². The van der Waals surface area contributed by atoms with E-state index < -0.39 is 11.6 Å². The van der Waals surface area contributed by atoms with Gasteiger partial charge >= 0.3 is 0 Å². The van der Waals surface area contributed by atoms with Gasteiger partial charge in [0.15, 0.2) is 11.6 Å². The molecule has 0 radical (unpaired) electrons. The van der Waals surface area contributed by atoms with E-state index in [1.165, 1.54) is 4.88 Å². The van der Waals surface area contributed by atoms with Crippen molar-refractivity contribution in [2.24, 2.45) is 0 Å². The lowest BCUT2D eigenvalue weighted by Gasteiger charge is -2.27. The molecule has 0 aliphatic heterocycles. The topological polar surface area (TPSA) is 27.0 Å². The first-order chi connectivity index (χ1) is 9.52. The van der Waals surface area contributed by atoms with Gasteiger partial charge in [0.05, 0.1) is 11.6 Å². The molecule has 0 saturated carbocycles. The van der Waals surface area contributed by atoms with E-state index in [2.05, 4.69) is 0 Å². The Balaban J connectivity index is 2.24. The molecule has 0 fully saturated rings. The van der Waals surface area contributed by atoms with Crippen LogP contribution in [0.4, 0.5) is 14.5 Å². The third-order valence-corrected chi connectivity index (χ3v) is 4.14. The number of anilines is 1. The first kappa shape index (κ1) is 14.5. The summed E-state index contributed by atoms with van der Waals surface area (Å²) in [6.07, 6.45) is 0.715. The molecule has 0 amide bonds. The van der Waals surface area contributed by atoms with Crippen LogP contribution in [0.15, 0.2) is 29.6 Å². The molecule has 1 heterocycles. The molecular weight excluding hydrogens is 278 g/mol. The summed E-state index contributed by atoms with van der Waals surface area (Å²) in [5.74, 6) is -1.41. The Bertz CT molecular complexity index is 609. The molecule has 104 valence electrons. The molecular formula is C15H14F2N2S. The van der Waals surface area contributed by atoms with Crippen LogP contribution in [0, 0.1) is 23.0 Å². The van der Waals surface area contributed by atoms with Gasteiger partial charge in [-0.1, -0.05) is 6.07 Å². The molecule has 1 aromatic heterocycles. The highest BCUT2D eigenvalue weighted by Gasteiger charge is 2.20. The maximum Gasteiger partial charge on any atom is 0.150 e. The van der Waals surface area contributed by atoms with Crippen LogP contribution in [-0.2, 0) is 6.42 Å². The minimum Gasteiger partial charge on any atom is -0.367 e. The molecule has 0 aliphatic rings. The first-order valence-electron chi connectivity index (χ1n) is 6.17. The van der Waals surface area contributed by atoms with Gasteiger partial charge in [-0.2, -0.15) is 5.26 Å². The van der Waals surface area contributed by atoms with Gasteiger partial charge in [0.25, 0.3) is 0 Å². The largest absolute Gasteiger partial charge is 0.367 e. The van der Waals surface area contributed by atoms with Crippen molar-refractivity contribution in [2.45, 2.75) is 19.4 Å². The highest BCUT2D eigenvalue weighted by molar-refractivity contribution is 7.09. The van der Waals surface area contributed by atoms with Crippen LogP contribution in [-0.4, -0.2) is 13.1 Å². The molecule has 0 bridgehead atoms. The maximum absolute atomic E-state index is 14.0. The lowest BCUT2D eigenvalue weighted by atomic mass is 10.1. The van der Waals surface area contributed by atoms with E-state index in [0.29, 0.717) is 6.42 Å². The van der Waals surface area contributed by atoms with Crippen molar-refractivity contribution in [2.75, 3.05) is 11.9 Å². The molecule has 5 heteroatoms. The van der Waals surface area contributed by atoms with Crippen LogP contribution >= 0.6 is 11.3 Å². The number of thiophene rings is 1. The second-order valence-electron chi connectivity index (χ2n) is 4.64. The summed E-state index contributed by atoms with van der Waals surface area (Å²) < 4.78 is 27.9. The average molecular weight is 292 g/mol. The van der Waals surface area contributed by atoms with Crippen molar-refractivity contribution < 1.29 is 8.78 Å². The SMILES string of the molecule is CC(Cc1cccs1)N(C)c1c(F)cc(C#N)cc1F. The van der Waals surface area contributed by atoms with E-state index in [9.17, 15) is 8.78 Å². The number of halogens is 2. The highest BCUT2D eigenvalue weighted by atomic mass is 32.1. The van der Waals surface area contributed by atoms with Crippen LogP contribution in [0.25, 0.3) is 0 Å². The van der Waals surface area contributed by atoms with Crippen LogP contribution in [0.1, 0.15) is 17.4 Å². The van der Waals surface area contributed by atoms with Gasteiger partial charge in [-0.3, -0.25) is 0 Å². The Hall–Kier alpha value is -1.93. The molecule has 0 spiro atoms. The summed E-state index contributed by atoms with van der Waals surface area (Å²) in [6.45, 7) is 1.91. The third-order valence-electron chi connectivity index (χ3n) is 3.24. The number of nitriles is 1. The number of benzene rings is 1. The van der Waals surface area contributed by atoms with Crippen molar-refractivity contribution in [3.63, 3.8) is 0 Å². The zero-order valence-electron chi connectivity index (χ0n) is 11.2. The standard InChI is InChI=1S/C15H14F2N2S/c1-10(6-12-4-3-5-20-12)19(2)15-13(16)7-11(9-18)8-14(15)17/h3-5,7-8,10H,6H2,1-2H3. The van der Waals surface area contributed by atoms with Crippen molar-refractivity contribution in [3.05, 3.63) is 51.7 Å². The summed E-state index contributed by atoms with van der Waals surface area (Å²) in [5, 5.41) is 10.7. The Morgan fingerprint density at radius 3 is 2.50 bits per heavy atom. The zero-order valence-corrected chi connectivity index (χ0v) is 12.0. The van der Waals surface area contributed by atoms with Gasteiger partial charge < -0.3 is 4.90 Å².